The molecule has 3 rings (SSSR count). The second-order valence-corrected chi connectivity index (χ2v) is 6.30. The van der Waals surface area contributed by atoms with Gasteiger partial charge in [-0.25, -0.2) is 4.98 Å². The van der Waals surface area contributed by atoms with Crippen molar-refractivity contribution in [2.24, 2.45) is 0 Å². The molecule has 0 unspecified atom stereocenters. The lowest BCUT2D eigenvalue weighted by Crippen LogP contribution is -2.58. The van der Waals surface area contributed by atoms with Gasteiger partial charge in [-0.3, -0.25) is 4.79 Å². The Kier molecular flexibility index (Phi) is 4.39. The van der Waals surface area contributed by atoms with Crippen LogP contribution in [0.5, 0.6) is 0 Å². The van der Waals surface area contributed by atoms with Gasteiger partial charge >= 0.3 is 0 Å². The van der Waals surface area contributed by atoms with E-state index in [0.717, 1.165) is 0 Å². The highest BCUT2D eigenvalue weighted by Gasteiger charge is 2.42. The number of piperidine rings is 1. The molecule has 6 nitrogen and oxygen atoms in total. The van der Waals surface area contributed by atoms with E-state index in [9.17, 15) is 15.0 Å². The van der Waals surface area contributed by atoms with Gasteiger partial charge < -0.3 is 19.7 Å². The molecule has 1 aliphatic heterocycles. The molecule has 2 atom stereocenters. The summed E-state index contributed by atoms with van der Waals surface area (Å²) in [5.41, 5.74) is -0.751. The Labute approximate surface area is 138 Å². The summed E-state index contributed by atoms with van der Waals surface area (Å²) in [6.07, 6.45) is 4.22. The molecule has 0 saturated carbocycles. The number of nitrogens with zero attached hydrogens (tertiary/aromatic N) is 3. The summed E-state index contributed by atoms with van der Waals surface area (Å²) >= 11 is 5.82. The van der Waals surface area contributed by atoms with E-state index in [2.05, 4.69) is 4.98 Å². The fourth-order valence-electron chi connectivity index (χ4n) is 2.81. The Balaban J connectivity index is 1.68. The summed E-state index contributed by atoms with van der Waals surface area (Å²) in [6.45, 7) is 0.716. The first kappa shape index (κ1) is 16.0. The van der Waals surface area contributed by atoms with Gasteiger partial charge in [0.1, 0.15) is 11.7 Å². The Morgan fingerprint density at radius 3 is 2.74 bits per heavy atom. The summed E-state index contributed by atoms with van der Waals surface area (Å²) in [7, 11) is 0. The number of amides is 1. The number of halogens is 1. The lowest BCUT2D eigenvalue weighted by atomic mass is 9.88. The molecular weight excluding hydrogens is 318 g/mol. The first-order valence-corrected chi connectivity index (χ1v) is 7.77. The van der Waals surface area contributed by atoms with Gasteiger partial charge in [-0.05, 0) is 30.7 Å². The first-order valence-electron chi connectivity index (χ1n) is 7.39. The van der Waals surface area contributed by atoms with E-state index >= 15 is 0 Å². The number of imidazole rings is 1. The van der Waals surface area contributed by atoms with Crippen LogP contribution in [0, 0.1) is 0 Å². The average molecular weight is 336 g/mol. The van der Waals surface area contributed by atoms with E-state index in [0.29, 0.717) is 23.6 Å². The zero-order valence-corrected chi connectivity index (χ0v) is 13.2. The van der Waals surface area contributed by atoms with E-state index < -0.39 is 11.7 Å². The number of carbonyl (C=O) groups is 1. The highest BCUT2D eigenvalue weighted by molar-refractivity contribution is 6.30. The van der Waals surface area contributed by atoms with Gasteiger partial charge in [0.2, 0.25) is 0 Å². The van der Waals surface area contributed by atoms with Crippen molar-refractivity contribution < 1.29 is 15.0 Å². The maximum absolute atomic E-state index is 12.5. The number of aliphatic hydroxyl groups excluding tert-OH is 1. The zero-order chi connectivity index (χ0) is 16.4. The lowest BCUT2D eigenvalue weighted by molar-refractivity contribution is -0.121. The molecular formula is C16H18ClN3O3. The Morgan fingerprint density at radius 1 is 1.39 bits per heavy atom. The number of rotatable bonds is 3. The molecule has 1 fully saturated rings. The van der Waals surface area contributed by atoms with Gasteiger partial charge in [0.25, 0.3) is 5.91 Å². The normalized spacial score (nSPS) is 24.7. The first-order chi connectivity index (χ1) is 11.0. The molecule has 0 radical (unpaired) electrons. The molecule has 23 heavy (non-hydrogen) atoms. The van der Waals surface area contributed by atoms with Gasteiger partial charge in [-0.2, -0.15) is 0 Å². The second kappa shape index (κ2) is 6.31. The fraction of sp³-hybridized carbons (Fsp3) is 0.375. The number of aromatic nitrogens is 2. The summed E-state index contributed by atoms with van der Waals surface area (Å²) < 4.78 is 1.72. The van der Waals surface area contributed by atoms with Gasteiger partial charge in [-0.1, -0.05) is 11.6 Å². The van der Waals surface area contributed by atoms with Gasteiger partial charge in [0, 0.05) is 36.1 Å². The van der Waals surface area contributed by atoms with E-state index in [-0.39, 0.29) is 19.0 Å². The van der Waals surface area contributed by atoms with Crippen LogP contribution in [0.15, 0.2) is 43.0 Å². The fourth-order valence-corrected chi connectivity index (χ4v) is 2.93. The molecule has 0 aliphatic carbocycles. The van der Waals surface area contributed by atoms with E-state index in [1.54, 1.807) is 52.5 Å². The van der Waals surface area contributed by atoms with Crippen LogP contribution < -0.4 is 0 Å². The molecule has 1 aromatic heterocycles. The van der Waals surface area contributed by atoms with E-state index in [1.165, 1.54) is 0 Å². The third-order valence-electron chi connectivity index (χ3n) is 4.22. The van der Waals surface area contributed by atoms with Crippen molar-refractivity contribution in [1.29, 1.82) is 0 Å². The molecule has 0 spiro atoms. The average Bonchev–Trinajstić information content (AvgIpc) is 3.03. The van der Waals surface area contributed by atoms with Gasteiger partial charge in [0.05, 0.1) is 12.9 Å². The van der Waals surface area contributed by atoms with Gasteiger partial charge in [0.15, 0.2) is 0 Å². The van der Waals surface area contributed by atoms with Crippen molar-refractivity contribution in [3.05, 3.63) is 53.6 Å². The largest absolute Gasteiger partial charge is 0.388 e. The number of aliphatic hydroxyl groups is 2. The van der Waals surface area contributed by atoms with Crippen LogP contribution in [0.1, 0.15) is 16.8 Å². The van der Waals surface area contributed by atoms with Crippen molar-refractivity contribution in [2.45, 2.75) is 24.7 Å². The predicted octanol–water partition coefficient (Wildman–Crippen LogP) is 1.17. The molecule has 1 amide bonds. The summed E-state index contributed by atoms with van der Waals surface area (Å²) in [6, 6.07) is 6.63. The number of hydrogen-bond acceptors (Lipinski definition) is 4. The SMILES string of the molecule is O=C(c1ccc(Cl)cc1)N1CC[C@](O)(Cn2ccnc2)[C@@H](O)C1. The van der Waals surface area contributed by atoms with Gasteiger partial charge in [-0.15, -0.1) is 0 Å². The minimum atomic E-state index is -1.27. The van der Waals surface area contributed by atoms with Crippen LogP contribution in [-0.4, -0.2) is 55.4 Å². The molecule has 122 valence electrons. The highest BCUT2D eigenvalue weighted by Crippen LogP contribution is 2.26. The number of likely N-dealkylation sites (tertiary alicyclic amines) is 1. The number of β-amino-alcohol motifs (C(OH)–C–C–N with tert-alkyl or cyclic N) is 1. The summed E-state index contributed by atoms with van der Waals surface area (Å²) in [5, 5.41) is 21.6. The molecule has 7 heteroatoms. The molecule has 2 heterocycles. The van der Waals surface area contributed by atoms with Crippen molar-refractivity contribution in [1.82, 2.24) is 14.5 Å². The van der Waals surface area contributed by atoms with Crippen molar-refractivity contribution in [3.8, 4) is 0 Å². The Morgan fingerprint density at radius 2 is 2.13 bits per heavy atom. The van der Waals surface area contributed by atoms with Crippen LogP contribution in [-0.2, 0) is 6.54 Å². The summed E-state index contributed by atoms with van der Waals surface area (Å²) in [5.74, 6) is -0.176. The number of benzene rings is 1. The molecule has 1 saturated heterocycles. The maximum Gasteiger partial charge on any atom is 0.253 e. The predicted molar refractivity (Wildman–Crippen MR) is 85.2 cm³/mol. The van der Waals surface area contributed by atoms with Crippen LogP contribution in [0.4, 0.5) is 0 Å². The maximum atomic E-state index is 12.5. The summed E-state index contributed by atoms with van der Waals surface area (Å²) in [4.78, 5) is 17.9. The molecule has 0 bridgehead atoms. The number of carbonyl (C=O) groups excluding carboxylic acids is 1. The molecule has 1 aliphatic rings. The van der Waals surface area contributed by atoms with Crippen molar-refractivity contribution in [2.75, 3.05) is 13.1 Å². The second-order valence-electron chi connectivity index (χ2n) is 5.86. The lowest BCUT2D eigenvalue weighted by Gasteiger charge is -2.42. The molecule has 1 aromatic carbocycles. The highest BCUT2D eigenvalue weighted by atomic mass is 35.5. The zero-order valence-electron chi connectivity index (χ0n) is 12.5. The van der Waals surface area contributed by atoms with Crippen LogP contribution in [0.2, 0.25) is 5.02 Å². The Hall–Kier alpha value is -1.89. The smallest absolute Gasteiger partial charge is 0.253 e. The monoisotopic (exact) mass is 335 g/mol. The quantitative estimate of drug-likeness (QED) is 0.882. The van der Waals surface area contributed by atoms with Crippen molar-refractivity contribution >= 4 is 17.5 Å². The molecule has 2 aromatic rings. The minimum absolute atomic E-state index is 0.0899. The topological polar surface area (TPSA) is 78.6 Å². The van der Waals surface area contributed by atoms with Crippen molar-refractivity contribution in [3.63, 3.8) is 0 Å². The van der Waals surface area contributed by atoms with Crippen LogP contribution in [0.3, 0.4) is 0 Å². The third-order valence-corrected chi connectivity index (χ3v) is 4.47. The van der Waals surface area contributed by atoms with E-state index in [4.69, 9.17) is 11.6 Å². The number of hydrogen-bond donors (Lipinski definition) is 2. The third kappa shape index (κ3) is 3.39. The van der Waals surface area contributed by atoms with Crippen LogP contribution in [0.25, 0.3) is 0 Å². The Bertz CT molecular complexity index is 674. The standard InChI is InChI=1S/C16H18ClN3O3/c17-13-3-1-12(2-4-13)15(22)20-7-5-16(23,14(21)9-20)10-19-8-6-18-11-19/h1-4,6,8,11,14,21,23H,5,7,9-10H2/t14-,16-/m0/s1. The van der Waals surface area contributed by atoms with E-state index in [1.807, 2.05) is 0 Å². The molecule has 2 N–H and O–H groups in total. The van der Waals surface area contributed by atoms with Crippen LogP contribution >= 0.6 is 11.6 Å². The minimum Gasteiger partial charge on any atom is -0.388 e.